The average Bonchev–Trinajstić information content (AvgIpc) is 2.75. The molecule has 1 amide bonds. The lowest BCUT2D eigenvalue weighted by atomic mass is 10.0. The number of nitrogens with two attached hydrogens (primary N) is 1. The largest absolute Gasteiger partial charge is 0.392 e. The van der Waals surface area contributed by atoms with Gasteiger partial charge in [0.25, 0.3) is 0 Å². The number of amides is 1. The summed E-state index contributed by atoms with van der Waals surface area (Å²) < 4.78 is 0. The Morgan fingerprint density at radius 2 is 2.00 bits per heavy atom. The van der Waals surface area contributed by atoms with Crippen molar-refractivity contribution in [2.45, 2.75) is 38.6 Å². The third-order valence-corrected chi connectivity index (χ3v) is 5.39. The fourth-order valence-electron chi connectivity index (χ4n) is 4.32. The second-order valence-electron chi connectivity index (χ2n) is 5.89. The molecule has 3 saturated carbocycles. The minimum absolute atomic E-state index is 0.114. The Kier molecular flexibility index (Phi) is 2.65. The maximum Gasteiger partial charge on any atom is 0.224 e. The van der Waals surface area contributed by atoms with Gasteiger partial charge in [-0.1, -0.05) is 19.1 Å². The van der Waals surface area contributed by atoms with Crippen LogP contribution in [0.25, 0.3) is 0 Å². The van der Waals surface area contributed by atoms with Crippen LogP contribution in [0.15, 0.2) is 0 Å². The standard InChI is InChI=1S/C13H20N2OS/c1-2-8(12(14)17)15-13(16)11-9-6-3-4-7(5-6)10(9)11/h6-11H,2-5H2,1H3,(H2,14,17)(H,15,16). The van der Waals surface area contributed by atoms with E-state index in [2.05, 4.69) is 5.32 Å². The molecule has 94 valence electrons. The molecule has 3 nitrogen and oxygen atoms in total. The van der Waals surface area contributed by atoms with Crippen molar-refractivity contribution in [3.05, 3.63) is 0 Å². The van der Waals surface area contributed by atoms with E-state index in [1.807, 2.05) is 6.92 Å². The zero-order chi connectivity index (χ0) is 12.2. The number of thiocarbonyl (C=S) groups is 1. The summed E-state index contributed by atoms with van der Waals surface area (Å²) in [7, 11) is 0. The molecule has 3 aliphatic carbocycles. The van der Waals surface area contributed by atoms with E-state index in [0.717, 1.165) is 18.3 Å². The SMILES string of the molecule is CCC(NC(=O)C1C2C3CCC(C3)C12)C(N)=S. The molecule has 0 radical (unpaired) electrons. The molecule has 2 bridgehead atoms. The summed E-state index contributed by atoms with van der Waals surface area (Å²) in [4.78, 5) is 12.6. The molecule has 0 heterocycles. The van der Waals surface area contributed by atoms with Gasteiger partial charge in [-0.15, -0.1) is 0 Å². The van der Waals surface area contributed by atoms with Crippen LogP contribution in [0.5, 0.6) is 0 Å². The van der Waals surface area contributed by atoms with Crippen LogP contribution in [-0.2, 0) is 4.79 Å². The number of hydrogen-bond acceptors (Lipinski definition) is 2. The van der Waals surface area contributed by atoms with Gasteiger partial charge in [-0.3, -0.25) is 4.79 Å². The maximum atomic E-state index is 12.2. The van der Waals surface area contributed by atoms with E-state index in [-0.39, 0.29) is 17.9 Å². The molecule has 3 aliphatic rings. The van der Waals surface area contributed by atoms with Gasteiger partial charge >= 0.3 is 0 Å². The van der Waals surface area contributed by atoms with E-state index in [4.69, 9.17) is 18.0 Å². The predicted octanol–water partition coefficient (Wildman–Crippen LogP) is 1.46. The number of rotatable bonds is 4. The van der Waals surface area contributed by atoms with E-state index < -0.39 is 0 Å². The van der Waals surface area contributed by atoms with Gasteiger partial charge in [-0.25, -0.2) is 0 Å². The van der Waals surface area contributed by atoms with Crippen LogP contribution in [0, 0.1) is 29.6 Å². The highest BCUT2D eigenvalue weighted by molar-refractivity contribution is 7.80. The van der Waals surface area contributed by atoms with Crippen LogP contribution in [0.3, 0.4) is 0 Å². The van der Waals surface area contributed by atoms with E-state index in [1.54, 1.807) is 0 Å². The van der Waals surface area contributed by atoms with Gasteiger partial charge < -0.3 is 11.1 Å². The summed E-state index contributed by atoms with van der Waals surface area (Å²) in [6, 6.07) is -0.114. The highest BCUT2D eigenvalue weighted by Gasteiger charge is 2.67. The Labute approximate surface area is 108 Å². The molecule has 17 heavy (non-hydrogen) atoms. The van der Waals surface area contributed by atoms with Gasteiger partial charge in [0.1, 0.15) is 0 Å². The van der Waals surface area contributed by atoms with E-state index >= 15 is 0 Å². The first kappa shape index (κ1) is 11.5. The highest BCUT2D eigenvalue weighted by atomic mass is 32.1. The van der Waals surface area contributed by atoms with E-state index in [0.29, 0.717) is 16.8 Å². The van der Waals surface area contributed by atoms with Gasteiger partial charge in [0.2, 0.25) is 5.91 Å². The van der Waals surface area contributed by atoms with Crippen molar-refractivity contribution in [1.29, 1.82) is 0 Å². The molecule has 5 atom stereocenters. The molecule has 0 spiro atoms. The van der Waals surface area contributed by atoms with Crippen molar-refractivity contribution in [1.82, 2.24) is 5.32 Å². The van der Waals surface area contributed by atoms with E-state index in [9.17, 15) is 4.79 Å². The average molecular weight is 252 g/mol. The predicted molar refractivity (Wildman–Crippen MR) is 70.3 cm³/mol. The molecular weight excluding hydrogens is 232 g/mol. The minimum atomic E-state index is -0.114. The van der Waals surface area contributed by atoms with Crippen LogP contribution in [0.4, 0.5) is 0 Å². The van der Waals surface area contributed by atoms with Crippen LogP contribution in [0.2, 0.25) is 0 Å². The van der Waals surface area contributed by atoms with Crippen molar-refractivity contribution in [3.63, 3.8) is 0 Å². The first-order valence-corrected chi connectivity index (χ1v) is 7.14. The lowest BCUT2D eigenvalue weighted by Gasteiger charge is -2.16. The molecule has 0 aliphatic heterocycles. The van der Waals surface area contributed by atoms with Crippen LogP contribution in [-0.4, -0.2) is 16.9 Å². The quantitative estimate of drug-likeness (QED) is 0.745. The molecule has 5 unspecified atom stereocenters. The fraction of sp³-hybridized carbons (Fsp3) is 0.846. The highest BCUT2D eigenvalue weighted by Crippen LogP contribution is 2.69. The fourth-order valence-corrected chi connectivity index (χ4v) is 4.54. The summed E-state index contributed by atoms with van der Waals surface area (Å²) in [6.45, 7) is 2.00. The maximum absolute atomic E-state index is 12.2. The minimum Gasteiger partial charge on any atom is -0.392 e. The van der Waals surface area contributed by atoms with Gasteiger partial charge in [0.05, 0.1) is 11.0 Å². The van der Waals surface area contributed by atoms with Crippen molar-refractivity contribution in [3.8, 4) is 0 Å². The summed E-state index contributed by atoms with van der Waals surface area (Å²) in [6.07, 6.45) is 4.87. The number of fused-ring (bicyclic) bond motifs is 5. The topological polar surface area (TPSA) is 55.1 Å². The van der Waals surface area contributed by atoms with Crippen LogP contribution >= 0.6 is 12.2 Å². The van der Waals surface area contributed by atoms with Gasteiger partial charge in [0, 0.05) is 5.92 Å². The lowest BCUT2D eigenvalue weighted by molar-refractivity contribution is -0.123. The number of hydrogen-bond donors (Lipinski definition) is 2. The smallest absolute Gasteiger partial charge is 0.224 e. The Bertz CT molecular complexity index is 354. The van der Waals surface area contributed by atoms with Crippen LogP contribution < -0.4 is 11.1 Å². The first-order valence-electron chi connectivity index (χ1n) is 6.73. The lowest BCUT2D eigenvalue weighted by Crippen LogP contribution is -2.44. The molecule has 0 saturated heterocycles. The summed E-state index contributed by atoms with van der Waals surface area (Å²) >= 11 is 4.96. The Morgan fingerprint density at radius 1 is 1.41 bits per heavy atom. The first-order chi connectivity index (χ1) is 8.13. The molecule has 4 heteroatoms. The monoisotopic (exact) mass is 252 g/mol. The Balaban J connectivity index is 1.60. The van der Waals surface area contributed by atoms with Crippen LogP contribution in [0.1, 0.15) is 32.6 Å². The summed E-state index contributed by atoms with van der Waals surface area (Å²) in [5, 5.41) is 3.02. The summed E-state index contributed by atoms with van der Waals surface area (Å²) in [5.41, 5.74) is 5.62. The number of carbonyl (C=O) groups is 1. The molecular formula is C13H20N2OS. The Hall–Kier alpha value is -0.640. The van der Waals surface area contributed by atoms with Gasteiger partial charge in [-0.2, -0.15) is 0 Å². The third kappa shape index (κ3) is 1.68. The molecule has 3 N–H and O–H groups in total. The van der Waals surface area contributed by atoms with Gasteiger partial charge in [0.15, 0.2) is 0 Å². The molecule has 3 rings (SSSR count). The number of nitrogens with one attached hydrogen (secondary N) is 1. The molecule has 3 fully saturated rings. The molecule has 0 aromatic carbocycles. The van der Waals surface area contributed by atoms with Crippen molar-refractivity contribution >= 4 is 23.1 Å². The zero-order valence-corrected chi connectivity index (χ0v) is 11.0. The third-order valence-electron chi connectivity index (χ3n) is 5.11. The zero-order valence-electron chi connectivity index (χ0n) is 10.2. The van der Waals surface area contributed by atoms with E-state index in [1.165, 1.54) is 19.3 Å². The summed E-state index contributed by atoms with van der Waals surface area (Å²) in [5.74, 6) is 3.55. The van der Waals surface area contributed by atoms with Crippen molar-refractivity contribution in [2.75, 3.05) is 0 Å². The van der Waals surface area contributed by atoms with Gasteiger partial charge in [-0.05, 0) is 49.4 Å². The normalized spacial score (nSPS) is 43.0. The Morgan fingerprint density at radius 3 is 2.47 bits per heavy atom. The molecule has 0 aromatic heterocycles. The van der Waals surface area contributed by atoms with Crippen molar-refractivity contribution in [2.24, 2.45) is 35.3 Å². The number of carbonyl (C=O) groups excluding carboxylic acids is 1. The molecule has 0 aromatic rings. The van der Waals surface area contributed by atoms with Crippen molar-refractivity contribution < 1.29 is 4.79 Å². The second-order valence-corrected chi connectivity index (χ2v) is 6.36. The second kappa shape index (κ2) is 3.94.